The van der Waals surface area contributed by atoms with Crippen molar-refractivity contribution in [2.24, 2.45) is 0 Å². The summed E-state index contributed by atoms with van der Waals surface area (Å²) >= 11 is 0. The Kier molecular flexibility index (Phi) is 5.78. The summed E-state index contributed by atoms with van der Waals surface area (Å²) < 4.78 is 42.8. The van der Waals surface area contributed by atoms with Gasteiger partial charge in [0.25, 0.3) is 0 Å². The van der Waals surface area contributed by atoms with Crippen molar-refractivity contribution < 1.29 is 17.9 Å². The van der Waals surface area contributed by atoms with Gasteiger partial charge in [-0.2, -0.15) is 13.2 Å². The van der Waals surface area contributed by atoms with Crippen molar-refractivity contribution in [2.45, 2.75) is 19.2 Å². The van der Waals surface area contributed by atoms with Crippen molar-refractivity contribution in [3.05, 3.63) is 77.4 Å². The third-order valence-corrected chi connectivity index (χ3v) is 3.09. The van der Waals surface area contributed by atoms with Gasteiger partial charge in [0.05, 0.1) is 18.8 Å². The van der Waals surface area contributed by atoms with Gasteiger partial charge < -0.3 is 4.74 Å². The molecule has 2 aromatic carbocycles. The van der Waals surface area contributed by atoms with Crippen LogP contribution in [0.15, 0.2) is 60.7 Å². The third kappa shape index (κ3) is 5.37. The van der Waals surface area contributed by atoms with Crippen molar-refractivity contribution in [3.8, 4) is 0 Å². The number of halogens is 3. The average molecular weight is 306 g/mol. The van der Waals surface area contributed by atoms with Crippen LogP contribution in [0, 0.1) is 0 Å². The first kappa shape index (κ1) is 16.3. The summed E-state index contributed by atoms with van der Waals surface area (Å²) in [5, 5.41) is 0. The molecular weight excluding hydrogens is 289 g/mol. The van der Waals surface area contributed by atoms with Crippen molar-refractivity contribution in [1.82, 2.24) is 0 Å². The lowest BCUT2D eigenvalue weighted by Crippen LogP contribution is -2.03. The normalized spacial score (nSPS) is 12.0. The SMILES string of the molecule is FC(F)(F)c1ccc(/C=C\CCOCc2ccccc2)cc1. The molecule has 0 heterocycles. The van der Waals surface area contributed by atoms with E-state index in [1.54, 1.807) is 6.08 Å². The van der Waals surface area contributed by atoms with Crippen LogP contribution in [0.4, 0.5) is 13.2 Å². The van der Waals surface area contributed by atoms with Gasteiger partial charge in [0, 0.05) is 0 Å². The fraction of sp³-hybridized carbons (Fsp3) is 0.222. The molecule has 4 heteroatoms. The van der Waals surface area contributed by atoms with Crippen LogP contribution in [-0.4, -0.2) is 6.61 Å². The summed E-state index contributed by atoms with van der Waals surface area (Å²) in [5.41, 5.74) is 1.24. The highest BCUT2D eigenvalue weighted by atomic mass is 19.4. The molecule has 0 aliphatic rings. The molecule has 0 spiro atoms. The van der Waals surface area contributed by atoms with Gasteiger partial charge in [-0.25, -0.2) is 0 Å². The lowest BCUT2D eigenvalue weighted by molar-refractivity contribution is -0.137. The molecule has 2 rings (SSSR count). The molecule has 0 amide bonds. The van der Waals surface area contributed by atoms with Gasteiger partial charge in [0.15, 0.2) is 0 Å². The van der Waals surface area contributed by atoms with Gasteiger partial charge in [-0.15, -0.1) is 0 Å². The molecule has 0 aromatic heterocycles. The monoisotopic (exact) mass is 306 g/mol. The van der Waals surface area contributed by atoms with Gasteiger partial charge in [-0.05, 0) is 29.7 Å². The predicted molar refractivity (Wildman–Crippen MR) is 81.2 cm³/mol. The maximum absolute atomic E-state index is 12.4. The van der Waals surface area contributed by atoms with Crippen LogP contribution >= 0.6 is 0 Å². The molecule has 0 unspecified atom stereocenters. The Labute approximate surface area is 128 Å². The van der Waals surface area contributed by atoms with Crippen LogP contribution in [0.3, 0.4) is 0 Å². The van der Waals surface area contributed by atoms with Crippen molar-refractivity contribution >= 4 is 6.08 Å². The molecule has 2 aromatic rings. The molecule has 1 nitrogen and oxygen atoms in total. The number of benzene rings is 2. The highest BCUT2D eigenvalue weighted by Crippen LogP contribution is 2.29. The zero-order chi connectivity index (χ0) is 15.8. The minimum atomic E-state index is -4.28. The van der Waals surface area contributed by atoms with Crippen LogP contribution < -0.4 is 0 Å². The van der Waals surface area contributed by atoms with Crippen LogP contribution in [-0.2, 0) is 17.5 Å². The first-order valence-corrected chi connectivity index (χ1v) is 7.01. The molecule has 22 heavy (non-hydrogen) atoms. The molecule has 0 aliphatic carbocycles. The first-order valence-electron chi connectivity index (χ1n) is 7.01. The number of ether oxygens (including phenoxy) is 1. The second kappa shape index (κ2) is 7.80. The Bertz CT molecular complexity index is 586. The van der Waals surface area contributed by atoms with Crippen molar-refractivity contribution in [2.75, 3.05) is 6.61 Å². The maximum atomic E-state index is 12.4. The lowest BCUT2D eigenvalue weighted by atomic mass is 10.1. The van der Waals surface area contributed by atoms with Gasteiger partial charge in [-0.1, -0.05) is 54.6 Å². The maximum Gasteiger partial charge on any atom is 0.416 e. The summed E-state index contributed by atoms with van der Waals surface area (Å²) in [7, 11) is 0. The van der Waals surface area contributed by atoms with E-state index in [0.29, 0.717) is 19.6 Å². The minimum Gasteiger partial charge on any atom is -0.376 e. The fourth-order valence-electron chi connectivity index (χ4n) is 1.92. The smallest absolute Gasteiger partial charge is 0.376 e. The predicted octanol–water partition coefficient (Wildman–Crippen LogP) is 5.33. The number of alkyl halides is 3. The van der Waals surface area contributed by atoms with Crippen LogP contribution in [0.1, 0.15) is 23.1 Å². The topological polar surface area (TPSA) is 9.23 Å². The summed E-state index contributed by atoms with van der Waals surface area (Å²) in [4.78, 5) is 0. The quantitative estimate of drug-likeness (QED) is 0.656. The number of hydrogen-bond acceptors (Lipinski definition) is 1. The summed E-state index contributed by atoms with van der Waals surface area (Å²) in [5.74, 6) is 0. The summed E-state index contributed by atoms with van der Waals surface area (Å²) in [6, 6.07) is 15.0. The Morgan fingerprint density at radius 3 is 2.23 bits per heavy atom. The van der Waals surface area contributed by atoms with E-state index in [1.807, 2.05) is 36.4 Å². The third-order valence-electron chi connectivity index (χ3n) is 3.09. The zero-order valence-electron chi connectivity index (χ0n) is 12.0. The van der Waals surface area contributed by atoms with E-state index in [9.17, 15) is 13.2 Å². The van der Waals surface area contributed by atoms with E-state index in [4.69, 9.17) is 4.74 Å². The Balaban J connectivity index is 1.71. The highest BCUT2D eigenvalue weighted by Gasteiger charge is 2.29. The standard InChI is InChI=1S/C18H17F3O/c19-18(20,21)17-11-9-15(10-12-17)6-4-5-13-22-14-16-7-2-1-3-8-16/h1-4,6-12H,5,13-14H2/b6-4-. The Hall–Kier alpha value is -2.07. The molecule has 0 N–H and O–H groups in total. The highest BCUT2D eigenvalue weighted by molar-refractivity contribution is 5.49. The van der Waals surface area contributed by atoms with E-state index < -0.39 is 11.7 Å². The van der Waals surface area contributed by atoms with E-state index in [2.05, 4.69) is 0 Å². The largest absolute Gasteiger partial charge is 0.416 e. The molecule has 0 fully saturated rings. The molecule has 0 saturated heterocycles. The molecule has 0 bridgehead atoms. The van der Waals surface area contributed by atoms with Gasteiger partial charge >= 0.3 is 6.18 Å². The molecule has 0 radical (unpaired) electrons. The van der Waals surface area contributed by atoms with Crippen LogP contribution in [0.25, 0.3) is 6.08 Å². The first-order chi connectivity index (χ1) is 10.6. The van der Waals surface area contributed by atoms with Crippen LogP contribution in [0.5, 0.6) is 0 Å². The summed E-state index contributed by atoms with van der Waals surface area (Å²) in [6.07, 6.45) is 0.126. The molecule has 116 valence electrons. The Morgan fingerprint density at radius 1 is 0.909 bits per heavy atom. The minimum absolute atomic E-state index is 0.564. The second-order valence-corrected chi connectivity index (χ2v) is 4.85. The van der Waals surface area contributed by atoms with Gasteiger partial charge in [-0.3, -0.25) is 0 Å². The van der Waals surface area contributed by atoms with Gasteiger partial charge in [0.1, 0.15) is 0 Å². The number of hydrogen-bond donors (Lipinski definition) is 0. The summed E-state index contributed by atoms with van der Waals surface area (Å²) in [6.45, 7) is 1.14. The molecule has 0 atom stereocenters. The molecule has 0 aliphatic heterocycles. The van der Waals surface area contributed by atoms with E-state index in [1.165, 1.54) is 12.1 Å². The van der Waals surface area contributed by atoms with Crippen LogP contribution in [0.2, 0.25) is 0 Å². The van der Waals surface area contributed by atoms with E-state index in [0.717, 1.165) is 23.3 Å². The lowest BCUT2D eigenvalue weighted by Gasteiger charge is -2.06. The van der Waals surface area contributed by atoms with E-state index in [-0.39, 0.29) is 0 Å². The van der Waals surface area contributed by atoms with Gasteiger partial charge in [0.2, 0.25) is 0 Å². The second-order valence-electron chi connectivity index (χ2n) is 4.85. The molecular formula is C18H17F3O. The zero-order valence-corrected chi connectivity index (χ0v) is 12.0. The molecule has 0 saturated carbocycles. The average Bonchev–Trinajstić information content (AvgIpc) is 2.51. The van der Waals surface area contributed by atoms with Crippen molar-refractivity contribution in [1.29, 1.82) is 0 Å². The number of rotatable bonds is 6. The van der Waals surface area contributed by atoms with Crippen molar-refractivity contribution in [3.63, 3.8) is 0 Å². The Morgan fingerprint density at radius 2 is 1.59 bits per heavy atom. The van der Waals surface area contributed by atoms with E-state index >= 15 is 0 Å². The fourth-order valence-corrected chi connectivity index (χ4v) is 1.92.